The number of aryl methyl sites for hydroxylation is 2. The quantitative estimate of drug-likeness (QED) is 0.479. The molecule has 1 amide bonds. The van der Waals surface area contributed by atoms with Gasteiger partial charge in [-0.2, -0.15) is 0 Å². The van der Waals surface area contributed by atoms with E-state index in [0.29, 0.717) is 24.5 Å². The van der Waals surface area contributed by atoms with Crippen molar-refractivity contribution in [3.8, 4) is 0 Å². The lowest BCUT2D eigenvalue weighted by Crippen LogP contribution is -2.47. The molecule has 36 heavy (non-hydrogen) atoms. The maximum absolute atomic E-state index is 14.1. The molecule has 7 heteroatoms. The molecule has 1 aromatic heterocycles. The number of thiazole rings is 1. The number of carbonyl (C=O) groups excluding carboxylic acids is 1. The number of fused-ring (bicyclic) bond motifs is 1. The predicted octanol–water partition coefficient (Wildman–Crippen LogP) is 5.41. The molecular weight excluding hydrogens is 471 g/mol. The van der Waals surface area contributed by atoms with Crippen LogP contribution in [0.2, 0.25) is 0 Å². The summed E-state index contributed by atoms with van der Waals surface area (Å²) in [5, 5.41) is 1.09. The van der Waals surface area contributed by atoms with Crippen LogP contribution in [0.5, 0.6) is 0 Å². The van der Waals surface area contributed by atoms with E-state index in [-0.39, 0.29) is 24.3 Å². The van der Waals surface area contributed by atoms with Crippen LogP contribution >= 0.6 is 11.3 Å². The van der Waals surface area contributed by atoms with Gasteiger partial charge in [-0.1, -0.05) is 36.4 Å². The number of rotatable bonds is 4. The molecule has 186 valence electrons. The van der Waals surface area contributed by atoms with Gasteiger partial charge in [-0.25, -0.2) is 14.4 Å². The Morgan fingerprint density at radius 1 is 1.08 bits per heavy atom. The lowest BCUT2D eigenvalue weighted by molar-refractivity contribution is -0.131. The van der Waals surface area contributed by atoms with Crippen molar-refractivity contribution in [3.05, 3.63) is 92.7 Å². The molecule has 5 nitrogen and oxygen atoms in total. The first-order valence-electron chi connectivity index (χ1n) is 12.5. The van der Waals surface area contributed by atoms with Crippen molar-refractivity contribution in [2.75, 3.05) is 19.6 Å². The number of carbonyl (C=O) groups is 1. The molecular formula is C29H31FN4OS. The summed E-state index contributed by atoms with van der Waals surface area (Å²) in [5.74, 6) is 0.546. The van der Waals surface area contributed by atoms with Crippen LogP contribution in [0.3, 0.4) is 0 Å². The molecule has 0 aliphatic carbocycles. The monoisotopic (exact) mass is 502 g/mol. The number of hydrogen-bond donors (Lipinski definition) is 0. The highest BCUT2D eigenvalue weighted by Gasteiger charge is 2.28. The Balaban J connectivity index is 1.44. The number of amidine groups is 1. The van der Waals surface area contributed by atoms with E-state index in [0.717, 1.165) is 46.8 Å². The van der Waals surface area contributed by atoms with Gasteiger partial charge in [0, 0.05) is 42.4 Å². The topological polar surface area (TPSA) is 48.8 Å². The molecule has 0 bridgehead atoms. The van der Waals surface area contributed by atoms with Gasteiger partial charge in [0.1, 0.15) is 11.7 Å². The SMILES string of the molecule is Cc1nc2c(s1)CCN(C(=O)CN1C(c3ccc(F)c(C)c3)=NC(c3ccccc3)=CCC1C)CC2. The second-order valence-corrected chi connectivity index (χ2v) is 10.8. The minimum Gasteiger partial charge on any atom is -0.344 e. The smallest absolute Gasteiger partial charge is 0.242 e. The van der Waals surface area contributed by atoms with Crippen LogP contribution < -0.4 is 0 Å². The zero-order valence-electron chi connectivity index (χ0n) is 21.0. The zero-order chi connectivity index (χ0) is 25.2. The molecule has 0 fully saturated rings. The number of aromatic nitrogens is 1. The van der Waals surface area contributed by atoms with E-state index >= 15 is 0 Å². The number of halogens is 1. The molecule has 1 atom stereocenters. The van der Waals surface area contributed by atoms with Gasteiger partial charge >= 0.3 is 0 Å². The molecule has 3 aromatic rings. The highest BCUT2D eigenvalue weighted by Crippen LogP contribution is 2.27. The Hall–Kier alpha value is -3.32. The third-order valence-electron chi connectivity index (χ3n) is 6.94. The van der Waals surface area contributed by atoms with Crippen molar-refractivity contribution in [1.82, 2.24) is 14.8 Å². The van der Waals surface area contributed by atoms with E-state index in [9.17, 15) is 9.18 Å². The third kappa shape index (κ3) is 5.12. The average molecular weight is 503 g/mol. The Morgan fingerprint density at radius 3 is 2.64 bits per heavy atom. The maximum Gasteiger partial charge on any atom is 0.242 e. The molecule has 0 saturated heterocycles. The number of benzene rings is 2. The summed E-state index contributed by atoms with van der Waals surface area (Å²) in [5.41, 5.74) is 4.41. The summed E-state index contributed by atoms with van der Waals surface area (Å²) < 4.78 is 14.1. The van der Waals surface area contributed by atoms with E-state index in [1.54, 1.807) is 24.3 Å². The van der Waals surface area contributed by atoms with Crippen molar-refractivity contribution in [3.63, 3.8) is 0 Å². The van der Waals surface area contributed by atoms with E-state index in [4.69, 9.17) is 4.99 Å². The Kier molecular flexibility index (Phi) is 7.01. The van der Waals surface area contributed by atoms with Crippen molar-refractivity contribution < 1.29 is 9.18 Å². The highest BCUT2D eigenvalue weighted by atomic mass is 32.1. The second kappa shape index (κ2) is 10.3. The fraction of sp³-hybridized carbons (Fsp3) is 0.345. The van der Waals surface area contributed by atoms with Gasteiger partial charge in [-0.3, -0.25) is 4.79 Å². The minimum atomic E-state index is -0.247. The van der Waals surface area contributed by atoms with Crippen molar-refractivity contribution in [2.24, 2.45) is 4.99 Å². The van der Waals surface area contributed by atoms with E-state index in [1.165, 1.54) is 10.9 Å². The largest absolute Gasteiger partial charge is 0.344 e. The van der Waals surface area contributed by atoms with Crippen LogP contribution in [0.4, 0.5) is 4.39 Å². The Bertz CT molecular complexity index is 1300. The normalized spacial score (nSPS) is 18.2. The molecule has 2 aromatic carbocycles. The number of nitrogens with zero attached hydrogens (tertiary/aromatic N) is 4. The van der Waals surface area contributed by atoms with Crippen LogP contribution in [-0.4, -0.2) is 52.2 Å². The summed E-state index contributed by atoms with van der Waals surface area (Å²) in [7, 11) is 0. The first-order valence-corrected chi connectivity index (χ1v) is 13.3. The fourth-order valence-corrected chi connectivity index (χ4v) is 5.84. The second-order valence-electron chi connectivity index (χ2n) is 9.55. The molecule has 0 N–H and O–H groups in total. The van der Waals surface area contributed by atoms with Gasteiger partial charge in [-0.15, -0.1) is 11.3 Å². The molecule has 0 spiro atoms. The van der Waals surface area contributed by atoms with Gasteiger partial charge in [0.15, 0.2) is 0 Å². The van der Waals surface area contributed by atoms with Gasteiger partial charge in [0.05, 0.1) is 22.9 Å². The first kappa shape index (κ1) is 24.4. The van der Waals surface area contributed by atoms with Crippen LogP contribution in [0.25, 0.3) is 5.70 Å². The summed E-state index contributed by atoms with van der Waals surface area (Å²) in [6, 6.07) is 15.2. The van der Waals surface area contributed by atoms with Gasteiger partial charge in [0.25, 0.3) is 0 Å². The van der Waals surface area contributed by atoms with Crippen LogP contribution in [0.1, 0.15) is 45.6 Å². The van der Waals surface area contributed by atoms with E-state index in [2.05, 4.69) is 22.9 Å². The average Bonchev–Trinajstić information content (AvgIpc) is 3.01. The van der Waals surface area contributed by atoms with E-state index < -0.39 is 0 Å². The Labute approximate surface area is 216 Å². The van der Waals surface area contributed by atoms with E-state index in [1.807, 2.05) is 48.2 Å². The summed E-state index contributed by atoms with van der Waals surface area (Å²) in [4.78, 5) is 28.7. The standard InChI is InChI=1S/C29H31FN4OS/c1-19-17-23(10-11-24(19)30)29-32-25(22-7-5-4-6-8-22)12-9-20(2)34(29)18-28(35)33-15-13-26-27(14-16-33)36-21(3)31-26/h4-8,10-12,17,20H,9,13-16,18H2,1-3H3. The number of amides is 1. The highest BCUT2D eigenvalue weighted by molar-refractivity contribution is 7.11. The van der Waals surface area contributed by atoms with Crippen molar-refractivity contribution >= 4 is 28.8 Å². The molecule has 0 saturated carbocycles. The third-order valence-corrected chi connectivity index (χ3v) is 8.01. The molecule has 3 heterocycles. The van der Waals surface area contributed by atoms with Crippen LogP contribution in [0, 0.1) is 19.7 Å². The zero-order valence-corrected chi connectivity index (χ0v) is 21.8. The van der Waals surface area contributed by atoms with Crippen LogP contribution in [0.15, 0.2) is 59.6 Å². The lowest BCUT2D eigenvalue weighted by atomic mass is 10.1. The van der Waals surface area contributed by atoms with Crippen molar-refractivity contribution in [2.45, 2.75) is 46.1 Å². The molecule has 1 unspecified atom stereocenters. The first-order chi connectivity index (χ1) is 17.4. The van der Waals surface area contributed by atoms with Gasteiger partial charge in [-0.05, 0) is 56.5 Å². The maximum atomic E-state index is 14.1. The van der Waals surface area contributed by atoms with Gasteiger partial charge < -0.3 is 9.80 Å². The number of hydrogen-bond acceptors (Lipinski definition) is 5. The molecule has 0 radical (unpaired) electrons. The molecule has 2 aliphatic heterocycles. The van der Waals surface area contributed by atoms with Crippen LogP contribution in [-0.2, 0) is 17.6 Å². The molecule has 2 aliphatic rings. The van der Waals surface area contributed by atoms with Gasteiger partial charge in [0.2, 0.25) is 5.91 Å². The lowest BCUT2D eigenvalue weighted by Gasteiger charge is -2.32. The minimum absolute atomic E-state index is 0.0529. The van der Waals surface area contributed by atoms with Crippen molar-refractivity contribution in [1.29, 1.82) is 0 Å². The predicted molar refractivity (Wildman–Crippen MR) is 144 cm³/mol. The fourth-order valence-electron chi connectivity index (χ4n) is 4.87. The summed E-state index contributed by atoms with van der Waals surface area (Å²) in [6.45, 7) is 7.52. The number of aliphatic imine (C=N–C) groups is 1. The summed E-state index contributed by atoms with van der Waals surface area (Å²) >= 11 is 1.74. The molecule has 5 rings (SSSR count). The Morgan fingerprint density at radius 2 is 1.86 bits per heavy atom. The summed E-state index contributed by atoms with van der Waals surface area (Å²) in [6.07, 6.45) is 4.53.